The van der Waals surface area contributed by atoms with E-state index in [0.717, 1.165) is 23.7 Å². The summed E-state index contributed by atoms with van der Waals surface area (Å²) in [5, 5.41) is 1.18. The fourth-order valence-electron chi connectivity index (χ4n) is 4.70. The predicted molar refractivity (Wildman–Crippen MR) is 106 cm³/mol. The molecule has 3 unspecified atom stereocenters. The van der Waals surface area contributed by atoms with Gasteiger partial charge in [0, 0.05) is 35.6 Å². The monoisotopic (exact) mass is 354 g/mol. The third-order valence-corrected chi connectivity index (χ3v) is 6.60. The summed E-state index contributed by atoms with van der Waals surface area (Å²) in [5.74, 6) is 0.795. The zero-order valence-electron chi connectivity index (χ0n) is 16.2. The van der Waals surface area contributed by atoms with Crippen molar-refractivity contribution in [2.75, 3.05) is 25.0 Å². The molecular formula is C22H30N2O2. The van der Waals surface area contributed by atoms with Gasteiger partial charge in [-0.3, -0.25) is 4.79 Å². The van der Waals surface area contributed by atoms with E-state index in [-0.39, 0.29) is 11.8 Å². The summed E-state index contributed by atoms with van der Waals surface area (Å²) in [4.78, 5) is 17.0. The van der Waals surface area contributed by atoms with Crippen LogP contribution in [0, 0.1) is 5.92 Å². The Morgan fingerprint density at radius 2 is 2.19 bits per heavy atom. The first-order valence-corrected chi connectivity index (χ1v) is 10.1. The Morgan fingerprint density at radius 1 is 1.35 bits per heavy atom. The molecule has 4 rings (SSSR count). The van der Waals surface area contributed by atoms with E-state index in [1.165, 1.54) is 49.7 Å². The van der Waals surface area contributed by atoms with Gasteiger partial charge >= 0.3 is 0 Å². The second-order valence-corrected chi connectivity index (χ2v) is 8.13. The van der Waals surface area contributed by atoms with Crippen molar-refractivity contribution in [3.05, 3.63) is 30.0 Å². The van der Waals surface area contributed by atoms with Crippen LogP contribution in [0.3, 0.4) is 0 Å². The lowest BCUT2D eigenvalue weighted by molar-refractivity contribution is -0.121. The molecule has 26 heavy (non-hydrogen) atoms. The normalized spacial score (nSPS) is 24.6. The number of furan rings is 1. The minimum atomic E-state index is 0.0474. The van der Waals surface area contributed by atoms with Crippen LogP contribution in [0.5, 0.6) is 0 Å². The summed E-state index contributed by atoms with van der Waals surface area (Å²) in [5.41, 5.74) is 3.23. The van der Waals surface area contributed by atoms with E-state index in [9.17, 15) is 4.79 Å². The number of fused-ring (bicyclic) bond motifs is 2. The minimum Gasteiger partial charge on any atom is -0.464 e. The maximum absolute atomic E-state index is 12.6. The molecule has 0 saturated carbocycles. The third kappa shape index (κ3) is 3.05. The van der Waals surface area contributed by atoms with Gasteiger partial charge in [0.2, 0.25) is 5.91 Å². The highest BCUT2D eigenvalue weighted by atomic mass is 16.3. The Balaban J connectivity index is 1.62. The molecule has 4 heteroatoms. The zero-order chi connectivity index (χ0) is 18.3. The van der Waals surface area contributed by atoms with Crippen LogP contribution in [0.2, 0.25) is 0 Å². The molecule has 0 spiro atoms. The lowest BCUT2D eigenvalue weighted by atomic mass is 9.85. The van der Waals surface area contributed by atoms with E-state index >= 15 is 0 Å². The molecule has 0 radical (unpaired) electrons. The number of rotatable bonds is 4. The number of carbonyl (C=O) groups is 1. The Kier molecular flexibility index (Phi) is 4.78. The smallest absolute Gasteiger partial charge is 0.229 e. The van der Waals surface area contributed by atoms with Crippen LogP contribution in [0.4, 0.5) is 5.69 Å². The van der Waals surface area contributed by atoms with Crippen LogP contribution in [-0.2, 0) is 4.79 Å². The van der Waals surface area contributed by atoms with E-state index in [2.05, 4.69) is 17.9 Å². The lowest BCUT2D eigenvalue weighted by Crippen LogP contribution is -2.37. The molecule has 0 bridgehead atoms. The van der Waals surface area contributed by atoms with Crippen LogP contribution in [0.1, 0.15) is 57.4 Å². The minimum absolute atomic E-state index is 0.0474. The highest BCUT2D eigenvalue weighted by molar-refractivity contribution is 5.97. The molecule has 2 aromatic rings. The Labute approximate surface area is 156 Å². The summed E-state index contributed by atoms with van der Waals surface area (Å²) in [6.07, 6.45) is 7.94. The number of benzene rings is 1. The van der Waals surface area contributed by atoms with Crippen LogP contribution in [0.25, 0.3) is 11.0 Å². The average Bonchev–Trinajstić information content (AvgIpc) is 3.31. The number of piperidine rings is 1. The number of hydrogen-bond acceptors (Lipinski definition) is 3. The van der Waals surface area contributed by atoms with Gasteiger partial charge in [0.05, 0.1) is 6.26 Å². The van der Waals surface area contributed by atoms with Gasteiger partial charge in [0.15, 0.2) is 0 Å². The number of carbonyl (C=O) groups excluding carboxylic acids is 1. The van der Waals surface area contributed by atoms with Crippen molar-refractivity contribution in [1.82, 2.24) is 4.90 Å². The van der Waals surface area contributed by atoms with E-state index in [4.69, 9.17) is 4.42 Å². The topological polar surface area (TPSA) is 36.7 Å². The second kappa shape index (κ2) is 7.07. The predicted octanol–water partition coefficient (Wildman–Crippen LogP) is 4.78. The number of amides is 1. The Morgan fingerprint density at radius 3 is 3.00 bits per heavy atom. The highest BCUT2D eigenvalue weighted by Crippen LogP contribution is 2.40. The fourth-order valence-corrected chi connectivity index (χ4v) is 4.70. The molecule has 1 aromatic carbocycles. The molecule has 3 atom stereocenters. The van der Waals surface area contributed by atoms with Gasteiger partial charge < -0.3 is 14.2 Å². The van der Waals surface area contributed by atoms with Gasteiger partial charge in [-0.2, -0.15) is 0 Å². The molecule has 0 N–H and O–H groups in total. The van der Waals surface area contributed by atoms with Crippen molar-refractivity contribution in [3.8, 4) is 0 Å². The maximum atomic E-state index is 12.6. The molecule has 3 heterocycles. The van der Waals surface area contributed by atoms with E-state index in [0.29, 0.717) is 5.92 Å². The van der Waals surface area contributed by atoms with Gasteiger partial charge in [0.25, 0.3) is 0 Å². The standard InChI is InChI=1S/C22H30N2O2/c1-4-15(2)22(25)23(3)17-7-8-21-19(13-17)20(14-26-21)16-9-11-24-10-5-6-18(24)12-16/h7-8,13-16,18H,4-6,9-12H2,1-3H3. The molecule has 1 aromatic heterocycles. The van der Waals surface area contributed by atoms with E-state index < -0.39 is 0 Å². The molecule has 140 valence electrons. The molecule has 1 amide bonds. The molecule has 2 saturated heterocycles. The molecule has 2 fully saturated rings. The SMILES string of the molecule is CCC(C)C(=O)N(C)c1ccc2occ(C3CCN4CCCC4C3)c2c1. The summed E-state index contributed by atoms with van der Waals surface area (Å²) in [7, 11) is 1.88. The van der Waals surface area contributed by atoms with Gasteiger partial charge in [-0.25, -0.2) is 0 Å². The summed E-state index contributed by atoms with van der Waals surface area (Å²) in [6.45, 7) is 6.53. The first kappa shape index (κ1) is 17.6. The van der Waals surface area contributed by atoms with Gasteiger partial charge in [-0.05, 0) is 69.3 Å². The second-order valence-electron chi connectivity index (χ2n) is 8.13. The quantitative estimate of drug-likeness (QED) is 0.792. The Hall–Kier alpha value is -1.81. The van der Waals surface area contributed by atoms with Gasteiger partial charge in [0.1, 0.15) is 5.58 Å². The number of anilines is 1. The molecule has 2 aliphatic rings. The number of hydrogen-bond donors (Lipinski definition) is 0. The summed E-state index contributed by atoms with van der Waals surface area (Å²) < 4.78 is 5.86. The van der Waals surface area contributed by atoms with Crippen molar-refractivity contribution in [1.29, 1.82) is 0 Å². The first-order chi connectivity index (χ1) is 12.6. The lowest BCUT2D eigenvalue weighted by Gasteiger charge is -2.34. The average molecular weight is 354 g/mol. The highest BCUT2D eigenvalue weighted by Gasteiger charge is 2.33. The van der Waals surface area contributed by atoms with E-state index in [1.54, 1.807) is 4.90 Å². The Bertz CT molecular complexity index is 797. The van der Waals surface area contributed by atoms with Gasteiger partial charge in [-0.1, -0.05) is 13.8 Å². The van der Waals surface area contributed by atoms with Gasteiger partial charge in [-0.15, -0.1) is 0 Å². The van der Waals surface area contributed by atoms with Crippen LogP contribution in [0.15, 0.2) is 28.9 Å². The van der Waals surface area contributed by atoms with Crippen LogP contribution < -0.4 is 4.90 Å². The van der Waals surface area contributed by atoms with Crippen LogP contribution in [-0.4, -0.2) is 37.0 Å². The van der Waals surface area contributed by atoms with Crippen molar-refractivity contribution < 1.29 is 9.21 Å². The third-order valence-electron chi connectivity index (χ3n) is 6.60. The maximum Gasteiger partial charge on any atom is 0.229 e. The van der Waals surface area contributed by atoms with Crippen molar-refractivity contribution in [3.63, 3.8) is 0 Å². The molecule has 0 aliphatic carbocycles. The van der Waals surface area contributed by atoms with Crippen molar-refractivity contribution >= 4 is 22.6 Å². The zero-order valence-corrected chi connectivity index (χ0v) is 16.2. The van der Waals surface area contributed by atoms with Crippen molar-refractivity contribution in [2.45, 2.75) is 57.9 Å². The summed E-state index contributed by atoms with van der Waals surface area (Å²) in [6, 6.07) is 6.90. The van der Waals surface area contributed by atoms with Crippen molar-refractivity contribution in [2.24, 2.45) is 5.92 Å². The van der Waals surface area contributed by atoms with Crippen LogP contribution >= 0.6 is 0 Å². The molecule has 2 aliphatic heterocycles. The number of nitrogens with zero attached hydrogens (tertiary/aromatic N) is 2. The largest absolute Gasteiger partial charge is 0.464 e. The molecular weight excluding hydrogens is 324 g/mol. The first-order valence-electron chi connectivity index (χ1n) is 10.1. The summed E-state index contributed by atoms with van der Waals surface area (Å²) >= 11 is 0. The van der Waals surface area contributed by atoms with E-state index in [1.807, 2.05) is 32.4 Å². The fraction of sp³-hybridized carbons (Fsp3) is 0.591. The molecule has 4 nitrogen and oxygen atoms in total.